The number of nitrogens with one attached hydrogen (secondary N) is 1. The molecule has 0 fully saturated rings. The van der Waals surface area contributed by atoms with Crippen LogP contribution in [-0.4, -0.2) is 22.5 Å². The van der Waals surface area contributed by atoms with Gasteiger partial charge in [0.05, 0.1) is 17.3 Å². The third-order valence-corrected chi connectivity index (χ3v) is 2.54. The number of ether oxygens (including phenoxy) is 1. The van der Waals surface area contributed by atoms with Crippen molar-refractivity contribution >= 4 is 23.4 Å². The minimum atomic E-state index is -0.520. The lowest BCUT2D eigenvalue weighted by molar-refractivity contribution is 0.168. The van der Waals surface area contributed by atoms with Gasteiger partial charge in [-0.05, 0) is 25.1 Å². The zero-order valence-electron chi connectivity index (χ0n) is 9.76. The molecule has 0 atom stereocenters. The zero-order valence-corrected chi connectivity index (χ0v) is 10.5. The van der Waals surface area contributed by atoms with Crippen LogP contribution in [0.5, 0.6) is 0 Å². The number of nitrogens with zero attached hydrogens (tertiary/aromatic N) is 2. The van der Waals surface area contributed by atoms with Crippen molar-refractivity contribution < 1.29 is 9.53 Å². The van der Waals surface area contributed by atoms with E-state index in [9.17, 15) is 4.79 Å². The van der Waals surface area contributed by atoms with E-state index in [-0.39, 0.29) is 0 Å². The molecule has 5 nitrogen and oxygen atoms in total. The number of benzene rings is 1. The van der Waals surface area contributed by atoms with Crippen LogP contribution in [-0.2, 0) is 4.74 Å². The van der Waals surface area contributed by atoms with Crippen LogP contribution in [0, 0.1) is 0 Å². The molecule has 1 aromatic carbocycles. The van der Waals surface area contributed by atoms with Crippen molar-refractivity contribution in [2.45, 2.75) is 6.92 Å². The van der Waals surface area contributed by atoms with E-state index in [0.29, 0.717) is 23.0 Å². The lowest BCUT2D eigenvalue weighted by atomic mass is 10.2. The Labute approximate surface area is 109 Å². The van der Waals surface area contributed by atoms with E-state index < -0.39 is 6.09 Å². The molecule has 2 rings (SSSR count). The number of carbonyl (C=O) groups is 1. The third kappa shape index (κ3) is 2.62. The van der Waals surface area contributed by atoms with Crippen LogP contribution in [0.25, 0.3) is 5.69 Å². The second-order valence-corrected chi connectivity index (χ2v) is 3.84. The molecule has 0 saturated heterocycles. The van der Waals surface area contributed by atoms with E-state index in [2.05, 4.69) is 10.4 Å². The molecule has 18 heavy (non-hydrogen) atoms. The van der Waals surface area contributed by atoms with E-state index in [1.807, 2.05) is 0 Å². The summed E-state index contributed by atoms with van der Waals surface area (Å²) in [6.07, 6.45) is 2.86. The summed E-state index contributed by atoms with van der Waals surface area (Å²) in [7, 11) is 0. The average Bonchev–Trinajstić information content (AvgIpc) is 2.82. The Bertz CT molecular complexity index is 540. The van der Waals surface area contributed by atoms with Crippen molar-refractivity contribution in [2.75, 3.05) is 11.9 Å². The van der Waals surface area contributed by atoms with Gasteiger partial charge in [0.2, 0.25) is 0 Å². The Kier molecular flexibility index (Phi) is 3.84. The topological polar surface area (TPSA) is 56.1 Å². The van der Waals surface area contributed by atoms with E-state index in [0.717, 1.165) is 0 Å². The van der Waals surface area contributed by atoms with Crippen LogP contribution in [0.1, 0.15) is 6.92 Å². The maximum Gasteiger partial charge on any atom is 0.411 e. The van der Waals surface area contributed by atoms with Crippen LogP contribution >= 0.6 is 11.6 Å². The number of anilines is 1. The number of rotatable bonds is 3. The third-order valence-electron chi connectivity index (χ3n) is 2.23. The molecule has 2 aromatic rings. The molecule has 0 aliphatic rings. The van der Waals surface area contributed by atoms with Gasteiger partial charge in [-0.1, -0.05) is 17.7 Å². The van der Waals surface area contributed by atoms with Gasteiger partial charge in [-0.2, -0.15) is 5.10 Å². The lowest BCUT2D eigenvalue weighted by Gasteiger charge is -2.12. The molecule has 0 aliphatic carbocycles. The SMILES string of the molecule is CCOC(=O)Nc1cccc(Cl)c1-n1cccn1. The molecule has 6 heteroatoms. The highest BCUT2D eigenvalue weighted by molar-refractivity contribution is 6.33. The fourth-order valence-corrected chi connectivity index (χ4v) is 1.79. The fourth-order valence-electron chi connectivity index (χ4n) is 1.53. The lowest BCUT2D eigenvalue weighted by Crippen LogP contribution is -2.15. The molecule has 1 N–H and O–H groups in total. The van der Waals surface area contributed by atoms with Gasteiger partial charge in [-0.3, -0.25) is 5.32 Å². The number of halogens is 1. The van der Waals surface area contributed by atoms with E-state index in [4.69, 9.17) is 16.3 Å². The number of amides is 1. The number of para-hydroxylation sites is 1. The minimum Gasteiger partial charge on any atom is -0.450 e. The highest BCUT2D eigenvalue weighted by Gasteiger charge is 2.12. The Morgan fingerprint density at radius 1 is 1.50 bits per heavy atom. The van der Waals surface area contributed by atoms with Gasteiger partial charge < -0.3 is 4.74 Å². The molecule has 0 saturated carbocycles. The first-order valence-electron chi connectivity index (χ1n) is 5.44. The molecule has 0 spiro atoms. The van der Waals surface area contributed by atoms with Crippen molar-refractivity contribution in [2.24, 2.45) is 0 Å². The highest BCUT2D eigenvalue weighted by atomic mass is 35.5. The predicted molar refractivity (Wildman–Crippen MR) is 69.2 cm³/mol. The average molecular weight is 266 g/mol. The van der Waals surface area contributed by atoms with Crippen LogP contribution in [0.3, 0.4) is 0 Å². The zero-order chi connectivity index (χ0) is 13.0. The van der Waals surface area contributed by atoms with Gasteiger partial charge in [0.25, 0.3) is 0 Å². The van der Waals surface area contributed by atoms with Gasteiger partial charge in [0.1, 0.15) is 5.69 Å². The molecular formula is C12H12ClN3O2. The first kappa shape index (κ1) is 12.4. The number of aromatic nitrogens is 2. The monoisotopic (exact) mass is 265 g/mol. The van der Waals surface area contributed by atoms with Crippen LogP contribution in [0.4, 0.5) is 10.5 Å². The van der Waals surface area contributed by atoms with Crippen LogP contribution in [0.15, 0.2) is 36.7 Å². The summed E-state index contributed by atoms with van der Waals surface area (Å²) in [6, 6.07) is 6.99. The summed E-state index contributed by atoms with van der Waals surface area (Å²) in [5.74, 6) is 0. The van der Waals surface area contributed by atoms with Gasteiger partial charge in [0.15, 0.2) is 0 Å². The molecule has 0 aliphatic heterocycles. The molecule has 1 amide bonds. The fraction of sp³-hybridized carbons (Fsp3) is 0.167. The molecule has 0 unspecified atom stereocenters. The summed E-state index contributed by atoms with van der Waals surface area (Å²) >= 11 is 6.13. The standard InChI is InChI=1S/C12H12ClN3O2/c1-2-18-12(17)15-10-6-3-5-9(13)11(10)16-8-4-7-14-16/h3-8H,2H2,1H3,(H,15,17). The van der Waals surface area contributed by atoms with Crippen molar-refractivity contribution in [3.63, 3.8) is 0 Å². The molecular weight excluding hydrogens is 254 g/mol. The van der Waals surface area contributed by atoms with E-state index in [1.54, 1.807) is 48.3 Å². The summed E-state index contributed by atoms with van der Waals surface area (Å²) in [4.78, 5) is 11.4. The molecule has 0 radical (unpaired) electrons. The van der Waals surface area contributed by atoms with Crippen molar-refractivity contribution in [3.8, 4) is 5.69 Å². The van der Waals surface area contributed by atoms with Gasteiger partial charge >= 0.3 is 6.09 Å². The Hall–Kier alpha value is -2.01. The highest BCUT2D eigenvalue weighted by Crippen LogP contribution is 2.27. The van der Waals surface area contributed by atoms with E-state index >= 15 is 0 Å². The van der Waals surface area contributed by atoms with Gasteiger partial charge in [-0.15, -0.1) is 0 Å². The van der Waals surface area contributed by atoms with Crippen molar-refractivity contribution in [3.05, 3.63) is 41.7 Å². The smallest absolute Gasteiger partial charge is 0.411 e. The van der Waals surface area contributed by atoms with Crippen molar-refractivity contribution in [1.82, 2.24) is 9.78 Å². The Balaban J connectivity index is 2.36. The first-order chi connectivity index (χ1) is 8.72. The minimum absolute atomic E-state index is 0.309. The first-order valence-corrected chi connectivity index (χ1v) is 5.82. The molecule has 0 bridgehead atoms. The predicted octanol–water partition coefficient (Wildman–Crippen LogP) is 3.09. The Morgan fingerprint density at radius 3 is 3.00 bits per heavy atom. The molecule has 1 heterocycles. The van der Waals surface area contributed by atoms with Crippen molar-refractivity contribution in [1.29, 1.82) is 0 Å². The summed E-state index contributed by atoms with van der Waals surface area (Å²) in [6.45, 7) is 2.05. The van der Waals surface area contributed by atoms with Crippen LogP contribution in [0.2, 0.25) is 5.02 Å². The number of carbonyl (C=O) groups excluding carboxylic acids is 1. The maximum absolute atomic E-state index is 11.4. The molecule has 1 aromatic heterocycles. The summed E-state index contributed by atoms with van der Waals surface area (Å²) in [5, 5.41) is 7.23. The largest absolute Gasteiger partial charge is 0.450 e. The Morgan fingerprint density at radius 2 is 2.33 bits per heavy atom. The van der Waals surface area contributed by atoms with E-state index in [1.165, 1.54) is 0 Å². The number of hydrogen-bond acceptors (Lipinski definition) is 3. The maximum atomic E-state index is 11.4. The van der Waals surface area contributed by atoms with Gasteiger partial charge in [0, 0.05) is 12.4 Å². The second-order valence-electron chi connectivity index (χ2n) is 3.43. The van der Waals surface area contributed by atoms with Crippen LogP contribution < -0.4 is 5.32 Å². The summed E-state index contributed by atoms with van der Waals surface area (Å²) in [5.41, 5.74) is 1.15. The summed E-state index contributed by atoms with van der Waals surface area (Å²) < 4.78 is 6.42. The van der Waals surface area contributed by atoms with Gasteiger partial charge in [-0.25, -0.2) is 9.48 Å². The quantitative estimate of drug-likeness (QED) is 0.928. The normalized spacial score (nSPS) is 10.1. The second kappa shape index (κ2) is 5.55. The molecule has 94 valence electrons. The number of hydrogen-bond donors (Lipinski definition) is 1.